The van der Waals surface area contributed by atoms with Crippen molar-refractivity contribution in [3.63, 3.8) is 0 Å². The molecule has 0 amide bonds. The minimum Gasteiger partial charge on any atom is -0.384 e. The summed E-state index contributed by atoms with van der Waals surface area (Å²) in [7, 11) is 0. The number of nitrogens with one attached hydrogen (secondary N) is 1. The number of fused-ring (bicyclic) bond motifs is 1. The first-order valence-electron chi connectivity index (χ1n) is 8.11. The van der Waals surface area contributed by atoms with E-state index in [-0.39, 0.29) is 5.69 Å². The van der Waals surface area contributed by atoms with E-state index in [1.54, 1.807) is 30.9 Å². The molecule has 0 aromatic carbocycles. The number of halogens is 1. The Morgan fingerprint density at radius 1 is 1.28 bits per heavy atom. The molecular weight excluding hydrogens is 319 g/mol. The molecule has 1 N–H and O–H groups in total. The molecule has 3 heterocycles. The van der Waals surface area contributed by atoms with Crippen LogP contribution in [0.3, 0.4) is 0 Å². The lowest BCUT2D eigenvalue weighted by atomic mass is 10.2. The van der Waals surface area contributed by atoms with E-state index in [0.29, 0.717) is 6.54 Å². The molecule has 3 aromatic heterocycles. The fourth-order valence-electron chi connectivity index (χ4n) is 2.50. The summed E-state index contributed by atoms with van der Waals surface area (Å²) >= 11 is 0. The Kier molecular flexibility index (Phi) is 5.46. The smallest absolute Gasteiger partial charge is 0.155 e. The number of nitrogens with zero attached hydrogens (tertiary/aromatic N) is 5. The van der Waals surface area contributed by atoms with Crippen LogP contribution in [-0.2, 0) is 13.0 Å². The summed E-state index contributed by atoms with van der Waals surface area (Å²) in [6.07, 6.45) is 13.6. The highest BCUT2D eigenvalue weighted by Crippen LogP contribution is 2.12. The molecule has 0 fully saturated rings. The van der Waals surface area contributed by atoms with Crippen LogP contribution in [-0.4, -0.2) is 25.6 Å². The van der Waals surface area contributed by atoms with Gasteiger partial charge < -0.3 is 9.72 Å². The van der Waals surface area contributed by atoms with Crippen molar-refractivity contribution in [1.82, 2.24) is 24.7 Å². The van der Waals surface area contributed by atoms with Crippen molar-refractivity contribution in [2.24, 2.45) is 4.99 Å². The Morgan fingerprint density at radius 3 is 3.04 bits per heavy atom. The van der Waals surface area contributed by atoms with Gasteiger partial charge in [0.05, 0.1) is 24.7 Å². The highest BCUT2D eigenvalue weighted by Gasteiger charge is 2.08. The summed E-state index contributed by atoms with van der Waals surface area (Å²) in [4.78, 5) is 16.7. The Hall–Kier alpha value is -3.09. The van der Waals surface area contributed by atoms with Crippen LogP contribution in [0, 0.1) is 5.82 Å². The van der Waals surface area contributed by atoms with Crippen molar-refractivity contribution in [1.29, 1.82) is 0 Å². The Labute approximate surface area is 145 Å². The Bertz CT molecular complexity index is 899. The lowest BCUT2D eigenvalue weighted by molar-refractivity contribution is 0.619. The quantitative estimate of drug-likeness (QED) is 0.673. The van der Waals surface area contributed by atoms with Crippen LogP contribution in [0.1, 0.15) is 30.4 Å². The largest absolute Gasteiger partial charge is 0.384 e. The number of imidazole rings is 1. The van der Waals surface area contributed by atoms with Crippen LogP contribution < -0.4 is 5.32 Å². The van der Waals surface area contributed by atoms with Gasteiger partial charge in [-0.05, 0) is 18.6 Å². The van der Waals surface area contributed by atoms with Crippen molar-refractivity contribution >= 4 is 11.9 Å². The minimum absolute atomic E-state index is 0.213. The van der Waals surface area contributed by atoms with Crippen LogP contribution in [0.15, 0.2) is 54.3 Å². The molecule has 3 rings (SSSR count). The molecule has 0 spiro atoms. The van der Waals surface area contributed by atoms with Gasteiger partial charge in [-0.1, -0.05) is 13.3 Å². The second-order valence-electron chi connectivity index (χ2n) is 5.40. The van der Waals surface area contributed by atoms with Gasteiger partial charge in [0.2, 0.25) is 0 Å². The van der Waals surface area contributed by atoms with E-state index in [2.05, 4.69) is 36.6 Å². The first kappa shape index (κ1) is 16.8. The zero-order chi connectivity index (χ0) is 17.5. The van der Waals surface area contributed by atoms with Gasteiger partial charge >= 0.3 is 0 Å². The monoisotopic (exact) mass is 338 g/mol. The summed E-state index contributed by atoms with van der Waals surface area (Å²) in [6, 6.07) is 2.89. The number of aryl methyl sites for hydroxylation is 1. The number of aromatic nitrogens is 4. The van der Waals surface area contributed by atoms with E-state index in [0.717, 1.165) is 29.9 Å². The Morgan fingerprint density at radius 2 is 2.20 bits per heavy atom. The van der Waals surface area contributed by atoms with Gasteiger partial charge in [0.1, 0.15) is 11.5 Å². The Balaban J connectivity index is 1.63. The molecular formula is C18H19FN6. The fourth-order valence-corrected chi connectivity index (χ4v) is 2.50. The lowest BCUT2D eigenvalue weighted by Gasteiger charge is -2.10. The van der Waals surface area contributed by atoms with E-state index >= 15 is 0 Å². The van der Waals surface area contributed by atoms with Crippen LogP contribution >= 0.6 is 0 Å². The van der Waals surface area contributed by atoms with E-state index < -0.39 is 5.82 Å². The molecule has 25 heavy (non-hydrogen) atoms. The van der Waals surface area contributed by atoms with Crippen molar-refractivity contribution in [3.05, 3.63) is 72.2 Å². The average molecular weight is 338 g/mol. The number of pyridine rings is 1. The first-order chi connectivity index (χ1) is 12.3. The number of hydrogen-bond donors (Lipinski definition) is 1. The molecule has 6 nitrogen and oxygen atoms in total. The maximum atomic E-state index is 13.4. The predicted octanol–water partition coefficient (Wildman–Crippen LogP) is 2.90. The van der Waals surface area contributed by atoms with E-state index in [1.165, 1.54) is 18.5 Å². The van der Waals surface area contributed by atoms with Gasteiger partial charge in [0.15, 0.2) is 5.65 Å². The zero-order valence-corrected chi connectivity index (χ0v) is 13.9. The van der Waals surface area contributed by atoms with E-state index in [9.17, 15) is 4.39 Å². The molecule has 0 aliphatic heterocycles. The molecule has 0 saturated carbocycles. The lowest BCUT2D eigenvalue weighted by Crippen LogP contribution is -2.12. The topological polar surface area (TPSA) is 67.5 Å². The second kappa shape index (κ2) is 8.14. The molecule has 3 aromatic rings. The van der Waals surface area contributed by atoms with Crippen molar-refractivity contribution < 1.29 is 4.39 Å². The van der Waals surface area contributed by atoms with Crippen molar-refractivity contribution in [2.45, 2.75) is 26.3 Å². The van der Waals surface area contributed by atoms with Gasteiger partial charge in [-0.3, -0.25) is 15.0 Å². The van der Waals surface area contributed by atoms with Crippen LogP contribution in [0.2, 0.25) is 0 Å². The minimum atomic E-state index is -0.394. The standard InChI is InChI=1S/C18H19FN6/c1-2-4-17-16(24-13-18-23-9-10-25(17)18)12-21-8-7-20-11-15-14(19)5-3-6-22-15/h3,5-11,13,21H,2,4,12H2,1H3/b8-7-,20-11?. The van der Waals surface area contributed by atoms with Gasteiger partial charge in [0, 0.05) is 36.7 Å². The summed E-state index contributed by atoms with van der Waals surface area (Å²) in [5, 5.41) is 3.15. The number of rotatable bonds is 7. The third-order valence-electron chi connectivity index (χ3n) is 3.65. The number of hydrogen-bond acceptors (Lipinski definition) is 5. The zero-order valence-electron chi connectivity index (χ0n) is 13.9. The first-order valence-corrected chi connectivity index (χ1v) is 8.11. The maximum Gasteiger partial charge on any atom is 0.155 e. The van der Waals surface area contributed by atoms with E-state index in [4.69, 9.17) is 0 Å². The third-order valence-corrected chi connectivity index (χ3v) is 3.65. The maximum absolute atomic E-state index is 13.4. The van der Waals surface area contributed by atoms with Gasteiger partial charge in [-0.15, -0.1) is 0 Å². The third kappa shape index (κ3) is 4.06. The van der Waals surface area contributed by atoms with Crippen LogP contribution in [0.25, 0.3) is 5.65 Å². The van der Waals surface area contributed by atoms with Gasteiger partial charge in [-0.25, -0.2) is 9.37 Å². The van der Waals surface area contributed by atoms with Crippen LogP contribution in [0.5, 0.6) is 0 Å². The molecule has 0 saturated heterocycles. The number of aliphatic imine (C=N–C) groups is 1. The molecule has 128 valence electrons. The molecule has 7 heteroatoms. The summed E-state index contributed by atoms with van der Waals surface area (Å²) in [6.45, 7) is 2.71. The molecule has 0 aliphatic carbocycles. The average Bonchev–Trinajstić information content (AvgIpc) is 3.10. The predicted molar refractivity (Wildman–Crippen MR) is 94.8 cm³/mol. The van der Waals surface area contributed by atoms with Gasteiger partial charge in [0.25, 0.3) is 0 Å². The second-order valence-corrected chi connectivity index (χ2v) is 5.40. The fraction of sp³-hybridized carbons (Fsp3) is 0.222. The molecule has 0 radical (unpaired) electrons. The normalized spacial score (nSPS) is 11.8. The molecule has 0 unspecified atom stereocenters. The highest BCUT2D eigenvalue weighted by molar-refractivity contribution is 5.77. The molecule has 0 bridgehead atoms. The van der Waals surface area contributed by atoms with Crippen molar-refractivity contribution in [2.75, 3.05) is 0 Å². The summed E-state index contributed by atoms with van der Waals surface area (Å²) < 4.78 is 15.5. The van der Waals surface area contributed by atoms with Crippen molar-refractivity contribution in [3.8, 4) is 0 Å². The van der Waals surface area contributed by atoms with Gasteiger partial charge in [-0.2, -0.15) is 0 Å². The molecule has 0 aliphatic rings. The molecule has 0 atom stereocenters. The summed E-state index contributed by atoms with van der Waals surface area (Å²) in [5.74, 6) is -0.394. The van der Waals surface area contributed by atoms with E-state index in [1.807, 2.05) is 6.20 Å². The highest BCUT2D eigenvalue weighted by atomic mass is 19.1. The SMILES string of the molecule is CCCc1c(CN/C=C\N=Cc2ncccc2F)ncc2nccn12. The summed E-state index contributed by atoms with van der Waals surface area (Å²) in [5.41, 5.74) is 3.18. The van der Waals surface area contributed by atoms with Crippen LogP contribution in [0.4, 0.5) is 4.39 Å².